The maximum atomic E-state index is 12.1. The lowest BCUT2D eigenvalue weighted by atomic mass is 10.1. The molecule has 0 N–H and O–H groups in total. The molecule has 0 amide bonds. The van der Waals surface area contributed by atoms with Crippen LogP contribution in [0.2, 0.25) is 0 Å². The number of rotatable bonds is 6. The molecule has 1 aliphatic rings. The van der Waals surface area contributed by atoms with Gasteiger partial charge in [-0.1, -0.05) is 19.1 Å². The average molecular weight is 296 g/mol. The highest BCUT2D eigenvalue weighted by atomic mass is 32.2. The maximum Gasteiger partial charge on any atom is 0.306 e. The number of benzene rings is 1. The van der Waals surface area contributed by atoms with E-state index in [1.165, 1.54) is 18.2 Å². The largest absolute Gasteiger partial charge is 0.493 e. The Kier molecular flexibility index (Phi) is 5.17. The van der Waals surface area contributed by atoms with Gasteiger partial charge in [0, 0.05) is 28.2 Å². The van der Waals surface area contributed by atoms with Gasteiger partial charge in [0.25, 0.3) is 0 Å². The quantitative estimate of drug-likeness (QED) is 0.752. The first-order valence-electron chi connectivity index (χ1n) is 6.78. The number of fused-ring (bicyclic) bond motifs is 1. The topological polar surface area (TPSA) is 52.6 Å². The Morgan fingerprint density at radius 1 is 1.50 bits per heavy atom. The van der Waals surface area contributed by atoms with E-state index < -0.39 is 10.8 Å². The lowest BCUT2D eigenvalue weighted by Gasteiger charge is -2.10. The standard InChI is InChI=1S/C15H20O4S/c1-11(9-15(16)18-2)20(17)8-6-12-3-4-14-13(10-12)5-7-19-14/h3-4,10-11H,5-9H2,1-2H3. The van der Waals surface area contributed by atoms with Gasteiger partial charge in [-0.05, 0) is 23.6 Å². The van der Waals surface area contributed by atoms with Gasteiger partial charge < -0.3 is 9.47 Å². The van der Waals surface area contributed by atoms with E-state index in [-0.39, 0.29) is 17.6 Å². The fourth-order valence-electron chi connectivity index (χ4n) is 2.23. The number of carbonyl (C=O) groups is 1. The van der Waals surface area contributed by atoms with Crippen LogP contribution in [0.1, 0.15) is 24.5 Å². The second-order valence-electron chi connectivity index (χ2n) is 4.97. The van der Waals surface area contributed by atoms with Gasteiger partial charge >= 0.3 is 5.97 Å². The van der Waals surface area contributed by atoms with Crippen LogP contribution in [-0.4, -0.2) is 34.9 Å². The number of carbonyl (C=O) groups excluding carboxylic acids is 1. The zero-order valence-corrected chi connectivity index (χ0v) is 12.7. The summed E-state index contributed by atoms with van der Waals surface area (Å²) in [6, 6.07) is 6.13. The van der Waals surface area contributed by atoms with E-state index in [1.54, 1.807) is 0 Å². The van der Waals surface area contributed by atoms with Crippen molar-refractivity contribution in [1.82, 2.24) is 0 Å². The molecule has 2 atom stereocenters. The van der Waals surface area contributed by atoms with Crippen LogP contribution in [0.5, 0.6) is 5.75 Å². The number of ether oxygens (including phenoxy) is 2. The monoisotopic (exact) mass is 296 g/mol. The molecule has 20 heavy (non-hydrogen) atoms. The zero-order chi connectivity index (χ0) is 14.5. The Labute approximate surface area is 121 Å². The summed E-state index contributed by atoms with van der Waals surface area (Å²) in [4.78, 5) is 11.2. The molecule has 0 spiro atoms. The number of esters is 1. The van der Waals surface area contributed by atoms with Crippen molar-refractivity contribution in [2.45, 2.75) is 31.4 Å². The molecule has 2 rings (SSSR count). The molecule has 5 heteroatoms. The van der Waals surface area contributed by atoms with Crippen LogP contribution in [0, 0.1) is 0 Å². The fourth-order valence-corrected chi connectivity index (χ4v) is 3.39. The Balaban J connectivity index is 1.85. The summed E-state index contributed by atoms with van der Waals surface area (Å²) in [6.07, 6.45) is 1.91. The predicted molar refractivity (Wildman–Crippen MR) is 78.4 cm³/mol. The van der Waals surface area contributed by atoms with Gasteiger partial charge in [0.2, 0.25) is 0 Å². The zero-order valence-electron chi connectivity index (χ0n) is 11.9. The molecule has 0 saturated carbocycles. The van der Waals surface area contributed by atoms with Gasteiger partial charge in [-0.3, -0.25) is 9.00 Å². The van der Waals surface area contributed by atoms with E-state index in [0.29, 0.717) is 5.75 Å². The molecule has 0 bridgehead atoms. The first-order valence-corrected chi connectivity index (χ1v) is 8.17. The lowest BCUT2D eigenvalue weighted by Crippen LogP contribution is -2.20. The van der Waals surface area contributed by atoms with E-state index in [9.17, 15) is 9.00 Å². The van der Waals surface area contributed by atoms with Crippen molar-refractivity contribution in [2.24, 2.45) is 0 Å². The van der Waals surface area contributed by atoms with Crippen LogP contribution >= 0.6 is 0 Å². The van der Waals surface area contributed by atoms with Gasteiger partial charge in [-0.25, -0.2) is 0 Å². The molecule has 0 fully saturated rings. The number of hydrogen-bond acceptors (Lipinski definition) is 4. The van der Waals surface area contributed by atoms with Crippen LogP contribution < -0.4 is 4.74 Å². The van der Waals surface area contributed by atoms with E-state index in [4.69, 9.17) is 4.74 Å². The van der Waals surface area contributed by atoms with E-state index >= 15 is 0 Å². The van der Waals surface area contributed by atoms with Gasteiger partial charge in [0.1, 0.15) is 5.75 Å². The van der Waals surface area contributed by atoms with Crippen molar-refractivity contribution >= 4 is 16.8 Å². The van der Waals surface area contributed by atoms with Gasteiger partial charge in [-0.2, -0.15) is 0 Å². The molecule has 110 valence electrons. The third kappa shape index (κ3) is 3.82. The normalized spacial score (nSPS) is 16.1. The van der Waals surface area contributed by atoms with Crippen LogP contribution in [0.4, 0.5) is 0 Å². The van der Waals surface area contributed by atoms with E-state index in [2.05, 4.69) is 10.8 Å². The summed E-state index contributed by atoms with van der Waals surface area (Å²) in [5.74, 6) is 1.23. The lowest BCUT2D eigenvalue weighted by molar-refractivity contribution is -0.140. The Morgan fingerprint density at radius 2 is 2.30 bits per heavy atom. The predicted octanol–water partition coefficient (Wildman–Crippen LogP) is 1.86. The summed E-state index contributed by atoms with van der Waals surface area (Å²) in [5.41, 5.74) is 2.41. The molecule has 1 heterocycles. The van der Waals surface area contributed by atoms with Crippen LogP contribution in [-0.2, 0) is 33.2 Å². The summed E-state index contributed by atoms with van der Waals surface area (Å²) in [6.45, 7) is 2.57. The summed E-state index contributed by atoms with van der Waals surface area (Å²) in [7, 11) is 0.334. The third-order valence-corrected chi connectivity index (χ3v) is 5.15. The first kappa shape index (κ1) is 15.0. The van der Waals surface area contributed by atoms with Crippen molar-refractivity contribution in [2.75, 3.05) is 19.5 Å². The van der Waals surface area contributed by atoms with Crippen molar-refractivity contribution in [3.05, 3.63) is 29.3 Å². The minimum Gasteiger partial charge on any atom is -0.493 e. The molecule has 0 radical (unpaired) electrons. The highest BCUT2D eigenvalue weighted by Crippen LogP contribution is 2.26. The first-order chi connectivity index (χ1) is 9.60. The summed E-state index contributed by atoms with van der Waals surface area (Å²) >= 11 is 0. The molecular weight excluding hydrogens is 276 g/mol. The molecule has 0 aromatic heterocycles. The van der Waals surface area contributed by atoms with Gasteiger partial charge in [0.05, 0.1) is 20.1 Å². The SMILES string of the molecule is COC(=O)CC(C)S(=O)CCc1ccc2c(c1)CCO2. The second-order valence-corrected chi connectivity index (χ2v) is 6.94. The van der Waals surface area contributed by atoms with Crippen LogP contribution in [0.25, 0.3) is 0 Å². The number of methoxy groups -OCH3 is 1. The molecule has 4 nitrogen and oxygen atoms in total. The average Bonchev–Trinajstić information content (AvgIpc) is 2.91. The smallest absolute Gasteiger partial charge is 0.306 e. The van der Waals surface area contributed by atoms with E-state index in [1.807, 2.05) is 19.1 Å². The number of hydrogen-bond donors (Lipinski definition) is 0. The van der Waals surface area contributed by atoms with Crippen molar-refractivity contribution in [3.8, 4) is 5.75 Å². The van der Waals surface area contributed by atoms with Gasteiger partial charge in [0.15, 0.2) is 0 Å². The molecule has 1 aromatic rings. The molecule has 2 unspecified atom stereocenters. The van der Waals surface area contributed by atoms with Crippen molar-refractivity contribution in [3.63, 3.8) is 0 Å². The molecule has 0 aliphatic carbocycles. The fraction of sp³-hybridized carbons (Fsp3) is 0.533. The van der Waals surface area contributed by atoms with Crippen molar-refractivity contribution < 1.29 is 18.5 Å². The Morgan fingerprint density at radius 3 is 3.05 bits per heavy atom. The van der Waals surface area contributed by atoms with Crippen LogP contribution in [0.15, 0.2) is 18.2 Å². The highest BCUT2D eigenvalue weighted by Gasteiger charge is 2.17. The number of aryl methyl sites for hydroxylation is 1. The van der Waals surface area contributed by atoms with E-state index in [0.717, 1.165) is 25.2 Å². The molecular formula is C15H20O4S. The highest BCUT2D eigenvalue weighted by molar-refractivity contribution is 7.85. The minimum absolute atomic E-state index is 0.166. The summed E-state index contributed by atoms with van der Waals surface area (Å²) < 4.78 is 22.1. The second kappa shape index (κ2) is 6.88. The molecule has 1 aromatic carbocycles. The summed E-state index contributed by atoms with van der Waals surface area (Å²) in [5, 5.41) is -0.166. The maximum absolute atomic E-state index is 12.1. The van der Waals surface area contributed by atoms with Crippen LogP contribution in [0.3, 0.4) is 0 Å². The van der Waals surface area contributed by atoms with Crippen molar-refractivity contribution in [1.29, 1.82) is 0 Å². The Hall–Kier alpha value is -1.36. The molecule has 0 saturated heterocycles. The van der Waals surface area contributed by atoms with Gasteiger partial charge in [-0.15, -0.1) is 0 Å². The minimum atomic E-state index is -1.02. The third-order valence-electron chi connectivity index (χ3n) is 3.48. The Bertz CT molecular complexity index is 513. The molecule has 1 aliphatic heterocycles.